The Balaban J connectivity index is 2.21. The molecule has 0 aromatic heterocycles. The quantitative estimate of drug-likeness (QED) is 0.335. The number of thiocarbonyl (C=S) groups is 1. The van der Waals surface area contributed by atoms with Gasteiger partial charge in [-0.2, -0.15) is 0 Å². The second-order valence-electron chi connectivity index (χ2n) is 4.06. The standard InChI is InChI=1S/C13H16ClN3OS2/c1-9(2)7-15-13(19)17-16-12(18)8-20-11-5-3-10(14)4-6-11/h3-6H,1,7-8H2,2H3,(H,16,18)(H2,15,17,19). The number of rotatable bonds is 5. The first kappa shape index (κ1) is 16.8. The van der Waals surface area contributed by atoms with Crippen molar-refractivity contribution in [1.82, 2.24) is 16.2 Å². The highest BCUT2D eigenvalue weighted by atomic mass is 35.5. The van der Waals surface area contributed by atoms with E-state index in [0.717, 1.165) is 10.5 Å². The van der Waals surface area contributed by atoms with Crippen molar-refractivity contribution in [2.24, 2.45) is 0 Å². The van der Waals surface area contributed by atoms with Crippen LogP contribution in [0.3, 0.4) is 0 Å². The van der Waals surface area contributed by atoms with Crippen LogP contribution >= 0.6 is 35.6 Å². The van der Waals surface area contributed by atoms with Gasteiger partial charge in [0.2, 0.25) is 5.91 Å². The first-order valence-electron chi connectivity index (χ1n) is 5.83. The van der Waals surface area contributed by atoms with E-state index < -0.39 is 0 Å². The van der Waals surface area contributed by atoms with Crippen molar-refractivity contribution in [3.8, 4) is 0 Å². The molecule has 0 aliphatic carbocycles. The molecule has 3 N–H and O–H groups in total. The van der Waals surface area contributed by atoms with E-state index in [-0.39, 0.29) is 11.7 Å². The molecule has 0 spiro atoms. The van der Waals surface area contributed by atoms with Gasteiger partial charge in [-0.1, -0.05) is 23.8 Å². The second kappa shape index (κ2) is 8.84. The van der Waals surface area contributed by atoms with Gasteiger partial charge in [-0.05, 0) is 43.4 Å². The minimum Gasteiger partial charge on any atom is -0.358 e. The molecule has 0 unspecified atom stereocenters. The van der Waals surface area contributed by atoms with Crippen LogP contribution in [-0.4, -0.2) is 23.3 Å². The zero-order chi connectivity index (χ0) is 15.0. The Kier molecular flexibility index (Phi) is 7.43. The van der Waals surface area contributed by atoms with Crippen LogP contribution in [0, 0.1) is 0 Å². The highest BCUT2D eigenvalue weighted by molar-refractivity contribution is 8.00. The number of carbonyl (C=O) groups is 1. The molecule has 0 radical (unpaired) electrons. The SMILES string of the molecule is C=C(C)CNC(=S)NNC(=O)CSc1ccc(Cl)cc1. The van der Waals surface area contributed by atoms with E-state index in [2.05, 4.69) is 22.7 Å². The molecule has 20 heavy (non-hydrogen) atoms. The van der Waals surface area contributed by atoms with E-state index in [1.807, 2.05) is 19.1 Å². The van der Waals surface area contributed by atoms with Crippen LogP contribution in [0.2, 0.25) is 5.02 Å². The van der Waals surface area contributed by atoms with Crippen LogP contribution in [0.25, 0.3) is 0 Å². The number of amides is 1. The Morgan fingerprint density at radius 1 is 1.35 bits per heavy atom. The predicted molar refractivity (Wildman–Crippen MR) is 88.9 cm³/mol. The van der Waals surface area contributed by atoms with E-state index in [9.17, 15) is 4.79 Å². The monoisotopic (exact) mass is 329 g/mol. The molecule has 1 rings (SSSR count). The molecule has 0 saturated carbocycles. The number of thioether (sulfide) groups is 1. The van der Waals surface area contributed by atoms with Crippen molar-refractivity contribution in [3.63, 3.8) is 0 Å². The average molecular weight is 330 g/mol. The molecule has 108 valence electrons. The summed E-state index contributed by atoms with van der Waals surface area (Å²) in [4.78, 5) is 12.6. The number of benzene rings is 1. The largest absolute Gasteiger partial charge is 0.358 e. The van der Waals surface area contributed by atoms with Gasteiger partial charge in [0.1, 0.15) is 0 Å². The Morgan fingerprint density at radius 2 is 2.00 bits per heavy atom. The van der Waals surface area contributed by atoms with Crippen LogP contribution < -0.4 is 16.2 Å². The Labute approximate surface area is 133 Å². The second-order valence-corrected chi connectivity index (χ2v) is 5.95. The first-order chi connectivity index (χ1) is 9.47. The highest BCUT2D eigenvalue weighted by Crippen LogP contribution is 2.19. The maximum absolute atomic E-state index is 11.6. The molecule has 0 heterocycles. The third kappa shape index (κ3) is 7.37. The van der Waals surface area contributed by atoms with Crippen molar-refractivity contribution in [1.29, 1.82) is 0 Å². The molecule has 0 saturated heterocycles. The number of halogens is 1. The molecule has 0 aliphatic rings. The zero-order valence-corrected chi connectivity index (χ0v) is 13.4. The Bertz CT molecular complexity index is 491. The number of carbonyl (C=O) groups excluding carboxylic acids is 1. The van der Waals surface area contributed by atoms with Crippen LogP contribution in [0.15, 0.2) is 41.3 Å². The summed E-state index contributed by atoms with van der Waals surface area (Å²) in [5.74, 6) is 0.127. The van der Waals surface area contributed by atoms with Crippen molar-refractivity contribution >= 4 is 46.6 Å². The molecule has 1 amide bonds. The lowest BCUT2D eigenvalue weighted by atomic mass is 10.4. The van der Waals surface area contributed by atoms with Crippen molar-refractivity contribution in [3.05, 3.63) is 41.4 Å². The summed E-state index contributed by atoms with van der Waals surface area (Å²) in [7, 11) is 0. The van der Waals surface area contributed by atoms with Crippen LogP contribution in [0.1, 0.15) is 6.92 Å². The van der Waals surface area contributed by atoms with Gasteiger partial charge in [-0.3, -0.25) is 15.6 Å². The first-order valence-corrected chi connectivity index (χ1v) is 7.60. The molecular weight excluding hydrogens is 314 g/mol. The lowest BCUT2D eigenvalue weighted by molar-refractivity contribution is -0.119. The summed E-state index contributed by atoms with van der Waals surface area (Å²) >= 11 is 12.2. The van der Waals surface area contributed by atoms with Gasteiger partial charge in [0.15, 0.2) is 5.11 Å². The smallest absolute Gasteiger partial charge is 0.248 e. The molecule has 1 aromatic carbocycles. The van der Waals surface area contributed by atoms with Gasteiger partial charge < -0.3 is 5.32 Å². The molecule has 0 aliphatic heterocycles. The maximum atomic E-state index is 11.6. The molecule has 4 nitrogen and oxygen atoms in total. The molecule has 1 aromatic rings. The molecule has 0 atom stereocenters. The van der Waals surface area contributed by atoms with Crippen LogP contribution in [-0.2, 0) is 4.79 Å². The molecule has 7 heteroatoms. The van der Waals surface area contributed by atoms with Gasteiger partial charge in [0.25, 0.3) is 0 Å². The molecular formula is C13H16ClN3OS2. The van der Waals surface area contributed by atoms with Gasteiger partial charge in [-0.25, -0.2) is 0 Å². The van der Waals surface area contributed by atoms with Gasteiger partial charge in [0, 0.05) is 16.5 Å². The maximum Gasteiger partial charge on any atom is 0.248 e. The summed E-state index contributed by atoms with van der Waals surface area (Å²) < 4.78 is 0. The van der Waals surface area contributed by atoms with E-state index in [4.69, 9.17) is 23.8 Å². The number of hydrogen-bond acceptors (Lipinski definition) is 3. The van der Waals surface area contributed by atoms with Gasteiger partial charge in [0.05, 0.1) is 5.75 Å². The number of hydrogen-bond donors (Lipinski definition) is 3. The third-order valence-corrected chi connectivity index (χ3v) is 3.56. The summed E-state index contributed by atoms with van der Waals surface area (Å²) in [5, 5.41) is 3.94. The fourth-order valence-electron chi connectivity index (χ4n) is 1.12. The Hall–Kier alpha value is -1.24. The van der Waals surface area contributed by atoms with E-state index in [1.54, 1.807) is 12.1 Å². The molecule has 0 bridgehead atoms. The minimum absolute atomic E-state index is 0.163. The number of nitrogens with one attached hydrogen (secondary N) is 3. The highest BCUT2D eigenvalue weighted by Gasteiger charge is 2.03. The minimum atomic E-state index is -0.163. The fraction of sp³-hybridized carbons (Fsp3) is 0.231. The summed E-state index contributed by atoms with van der Waals surface area (Å²) in [6.45, 7) is 6.20. The Morgan fingerprint density at radius 3 is 2.60 bits per heavy atom. The topological polar surface area (TPSA) is 53.2 Å². The zero-order valence-electron chi connectivity index (χ0n) is 11.0. The summed E-state index contributed by atoms with van der Waals surface area (Å²) in [6.07, 6.45) is 0. The van der Waals surface area contributed by atoms with Crippen molar-refractivity contribution in [2.75, 3.05) is 12.3 Å². The van der Waals surface area contributed by atoms with Crippen LogP contribution in [0.5, 0.6) is 0 Å². The summed E-state index contributed by atoms with van der Waals surface area (Å²) in [6, 6.07) is 7.31. The lowest BCUT2D eigenvalue weighted by Crippen LogP contribution is -2.47. The summed E-state index contributed by atoms with van der Waals surface area (Å²) in [5.41, 5.74) is 6.10. The van der Waals surface area contributed by atoms with Crippen LogP contribution in [0.4, 0.5) is 0 Å². The van der Waals surface area contributed by atoms with E-state index >= 15 is 0 Å². The third-order valence-electron chi connectivity index (χ3n) is 2.05. The average Bonchev–Trinajstić information content (AvgIpc) is 2.42. The van der Waals surface area contributed by atoms with Gasteiger partial charge in [-0.15, -0.1) is 11.8 Å². The normalized spacial score (nSPS) is 9.70. The fourth-order valence-corrected chi connectivity index (χ4v) is 2.07. The number of hydrazine groups is 1. The van der Waals surface area contributed by atoms with Crippen molar-refractivity contribution in [2.45, 2.75) is 11.8 Å². The van der Waals surface area contributed by atoms with Crippen molar-refractivity contribution < 1.29 is 4.79 Å². The molecule has 0 fully saturated rings. The van der Waals surface area contributed by atoms with Gasteiger partial charge >= 0.3 is 0 Å². The van der Waals surface area contributed by atoms with E-state index in [1.165, 1.54) is 11.8 Å². The van der Waals surface area contributed by atoms with E-state index in [0.29, 0.717) is 16.7 Å². The lowest BCUT2D eigenvalue weighted by Gasteiger charge is -2.11. The predicted octanol–water partition coefficient (Wildman–Crippen LogP) is 2.50.